The number of aryl methyl sites for hydroxylation is 1. The Hall–Kier alpha value is -2.51. The van der Waals surface area contributed by atoms with Crippen LogP contribution in [0.1, 0.15) is 42.8 Å². The Labute approximate surface area is 178 Å². The maximum atomic E-state index is 12.7. The van der Waals surface area contributed by atoms with Crippen molar-refractivity contribution in [3.63, 3.8) is 0 Å². The fourth-order valence-electron chi connectivity index (χ4n) is 4.15. The molecule has 3 heterocycles. The highest BCUT2D eigenvalue weighted by molar-refractivity contribution is 7.91. The van der Waals surface area contributed by atoms with Crippen LogP contribution in [0.3, 0.4) is 0 Å². The topological polar surface area (TPSA) is 68.1 Å². The van der Waals surface area contributed by atoms with Gasteiger partial charge in [0.1, 0.15) is 0 Å². The molecule has 0 aliphatic carbocycles. The molecule has 30 heavy (non-hydrogen) atoms. The van der Waals surface area contributed by atoms with Gasteiger partial charge < -0.3 is 4.57 Å². The molecule has 0 bridgehead atoms. The van der Waals surface area contributed by atoms with Crippen LogP contribution in [0.25, 0.3) is 0 Å². The Morgan fingerprint density at radius 2 is 1.87 bits per heavy atom. The number of likely N-dealkylation sites (tertiary alicyclic amines) is 1. The summed E-state index contributed by atoms with van der Waals surface area (Å²) in [5.74, 6) is 0.0507. The van der Waals surface area contributed by atoms with E-state index in [1.54, 1.807) is 13.1 Å². The van der Waals surface area contributed by atoms with Gasteiger partial charge in [-0.15, -0.1) is 0 Å². The number of hydrogen-bond acceptors (Lipinski definition) is 5. The predicted octanol–water partition coefficient (Wildman–Crippen LogP) is 3.65. The van der Waals surface area contributed by atoms with Gasteiger partial charge in [-0.05, 0) is 43.5 Å². The molecule has 3 aromatic rings. The summed E-state index contributed by atoms with van der Waals surface area (Å²) in [6.07, 6.45) is 6.51. The van der Waals surface area contributed by atoms with E-state index >= 15 is 0 Å². The van der Waals surface area contributed by atoms with E-state index in [-0.39, 0.29) is 17.0 Å². The molecular formula is C23H28N4O2S. The minimum absolute atomic E-state index is 0.0507. The predicted molar refractivity (Wildman–Crippen MR) is 117 cm³/mol. The molecule has 158 valence electrons. The van der Waals surface area contributed by atoms with Crippen LogP contribution in [0.5, 0.6) is 0 Å². The molecule has 1 aliphatic heterocycles. The van der Waals surface area contributed by atoms with Crippen molar-refractivity contribution in [1.82, 2.24) is 19.4 Å². The first-order chi connectivity index (χ1) is 14.6. The minimum Gasteiger partial charge on any atom is -0.317 e. The summed E-state index contributed by atoms with van der Waals surface area (Å²) in [7, 11) is -3.39. The average molecular weight is 425 g/mol. The average Bonchev–Trinajstić information content (AvgIpc) is 3.41. The quantitative estimate of drug-likeness (QED) is 0.552. The van der Waals surface area contributed by atoms with E-state index in [0.29, 0.717) is 13.1 Å². The van der Waals surface area contributed by atoms with Crippen molar-refractivity contribution < 1.29 is 8.42 Å². The summed E-state index contributed by atoms with van der Waals surface area (Å²) in [5, 5.41) is 0.185. The lowest BCUT2D eigenvalue weighted by Crippen LogP contribution is -2.25. The summed E-state index contributed by atoms with van der Waals surface area (Å²) < 4.78 is 27.2. The zero-order valence-electron chi connectivity index (χ0n) is 17.3. The largest absolute Gasteiger partial charge is 0.317 e. The lowest BCUT2D eigenvalue weighted by atomic mass is 10.1. The Kier molecular flexibility index (Phi) is 6.29. The zero-order valence-corrected chi connectivity index (χ0v) is 18.1. The van der Waals surface area contributed by atoms with Crippen molar-refractivity contribution in [3.8, 4) is 0 Å². The summed E-state index contributed by atoms with van der Waals surface area (Å²) in [6.45, 7) is 3.90. The number of sulfone groups is 1. The third-order valence-electron chi connectivity index (χ3n) is 5.78. The Morgan fingerprint density at radius 3 is 2.60 bits per heavy atom. The highest BCUT2D eigenvalue weighted by atomic mass is 32.2. The summed E-state index contributed by atoms with van der Waals surface area (Å²) >= 11 is 0. The molecular weight excluding hydrogens is 396 g/mol. The first-order valence-electron chi connectivity index (χ1n) is 10.5. The lowest BCUT2D eigenvalue weighted by molar-refractivity contribution is 0.237. The standard InChI is InChI=1S/C23H28N4O2S/c1-2-30(28,29)23-25-17-20(27(23)16-13-19-9-4-3-5-10-19)18-26-15-8-12-22(26)21-11-6-7-14-24-21/h3-7,9-11,14,17,22H,2,8,12-13,15-16,18H2,1H3. The van der Waals surface area contributed by atoms with Gasteiger partial charge in [-0.2, -0.15) is 0 Å². The maximum absolute atomic E-state index is 12.7. The minimum atomic E-state index is -3.39. The highest BCUT2D eigenvalue weighted by Crippen LogP contribution is 2.32. The lowest BCUT2D eigenvalue weighted by Gasteiger charge is -2.24. The van der Waals surface area contributed by atoms with E-state index < -0.39 is 9.84 Å². The second-order valence-electron chi connectivity index (χ2n) is 7.71. The SMILES string of the molecule is CCS(=O)(=O)c1ncc(CN2CCCC2c2ccccn2)n1CCc1ccccc1. The molecule has 1 aromatic carbocycles. The van der Waals surface area contributed by atoms with Crippen LogP contribution in [-0.2, 0) is 29.3 Å². The Balaban J connectivity index is 1.61. The van der Waals surface area contributed by atoms with Crippen molar-refractivity contribution in [1.29, 1.82) is 0 Å². The zero-order chi connectivity index (χ0) is 21.0. The van der Waals surface area contributed by atoms with Crippen LogP contribution in [0.15, 0.2) is 66.1 Å². The van der Waals surface area contributed by atoms with Crippen molar-refractivity contribution in [2.45, 2.75) is 50.5 Å². The Morgan fingerprint density at radius 1 is 1.07 bits per heavy atom. The van der Waals surface area contributed by atoms with Crippen LogP contribution < -0.4 is 0 Å². The second kappa shape index (κ2) is 9.10. The van der Waals surface area contributed by atoms with E-state index in [2.05, 4.69) is 33.1 Å². The fraction of sp³-hybridized carbons (Fsp3) is 0.391. The molecule has 2 aromatic heterocycles. The molecule has 6 nitrogen and oxygen atoms in total. The first kappa shape index (κ1) is 20.8. The van der Waals surface area contributed by atoms with E-state index in [1.807, 2.05) is 41.1 Å². The molecule has 4 rings (SSSR count). The smallest absolute Gasteiger partial charge is 0.227 e. The van der Waals surface area contributed by atoms with Gasteiger partial charge in [0.2, 0.25) is 15.0 Å². The molecule has 1 fully saturated rings. The van der Waals surface area contributed by atoms with Gasteiger partial charge in [0.25, 0.3) is 0 Å². The van der Waals surface area contributed by atoms with Crippen molar-refractivity contribution in [2.24, 2.45) is 0 Å². The monoisotopic (exact) mass is 424 g/mol. The molecule has 1 unspecified atom stereocenters. The Bertz CT molecular complexity index is 1070. The molecule has 1 saturated heterocycles. The molecule has 0 amide bonds. The number of benzene rings is 1. The second-order valence-corrected chi connectivity index (χ2v) is 9.88. The summed E-state index contributed by atoms with van der Waals surface area (Å²) in [6, 6.07) is 16.4. The summed E-state index contributed by atoms with van der Waals surface area (Å²) in [4.78, 5) is 11.3. The molecule has 0 radical (unpaired) electrons. The van der Waals surface area contributed by atoms with Crippen molar-refractivity contribution in [2.75, 3.05) is 12.3 Å². The molecule has 7 heteroatoms. The van der Waals surface area contributed by atoms with E-state index in [1.165, 1.54) is 5.56 Å². The van der Waals surface area contributed by atoms with Gasteiger partial charge >= 0.3 is 0 Å². The van der Waals surface area contributed by atoms with Crippen molar-refractivity contribution in [3.05, 3.63) is 77.9 Å². The molecule has 0 saturated carbocycles. The van der Waals surface area contributed by atoms with Gasteiger partial charge in [0.05, 0.1) is 29.4 Å². The van der Waals surface area contributed by atoms with Crippen molar-refractivity contribution >= 4 is 9.84 Å². The molecule has 0 N–H and O–H groups in total. The van der Waals surface area contributed by atoms with Crippen LogP contribution >= 0.6 is 0 Å². The molecule has 0 spiro atoms. The van der Waals surface area contributed by atoms with Crippen LogP contribution in [-0.4, -0.2) is 40.2 Å². The third-order valence-corrected chi connectivity index (χ3v) is 7.43. The first-order valence-corrected chi connectivity index (χ1v) is 12.2. The van der Waals surface area contributed by atoms with Gasteiger partial charge in [0.15, 0.2) is 0 Å². The van der Waals surface area contributed by atoms with E-state index in [4.69, 9.17) is 0 Å². The molecule has 1 atom stereocenters. The number of rotatable bonds is 8. The van der Waals surface area contributed by atoms with E-state index in [9.17, 15) is 8.42 Å². The molecule has 1 aliphatic rings. The number of aromatic nitrogens is 3. The van der Waals surface area contributed by atoms with Crippen LogP contribution in [0.2, 0.25) is 0 Å². The van der Waals surface area contributed by atoms with Gasteiger partial charge in [-0.3, -0.25) is 9.88 Å². The third kappa shape index (κ3) is 4.47. The number of hydrogen-bond donors (Lipinski definition) is 0. The van der Waals surface area contributed by atoms with Crippen LogP contribution in [0.4, 0.5) is 0 Å². The summed E-state index contributed by atoms with van der Waals surface area (Å²) in [5.41, 5.74) is 3.21. The normalized spacial score (nSPS) is 17.4. The number of imidazole rings is 1. The van der Waals surface area contributed by atoms with E-state index in [0.717, 1.165) is 37.2 Å². The van der Waals surface area contributed by atoms with Gasteiger partial charge in [0, 0.05) is 19.3 Å². The van der Waals surface area contributed by atoms with Gasteiger partial charge in [-0.25, -0.2) is 13.4 Å². The maximum Gasteiger partial charge on any atom is 0.227 e. The van der Waals surface area contributed by atoms with Gasteiger partial charge in [-0.1, -0.05) is 43.3 Å². The van der Waals surface area contributed by atoms with Crippen LogP contribution in [0, 0.1) is 0 Å². The fourth-order valence-corrected chi connectivity index (χ4v) is 5.17. The highest BCUT2D eigenvalue weighted by Gasteiger charge is 2.29. The number of pyridine rings is 1. The number of nitrogens with zero attached hydrogens (tertiary/aromatic N) is 4.